The molecule has 0 radical (unpaired) electrons. The van der Waals surface area contributed by atoms with Gasteiger partial charge < -0.3 is 0 Å². The lowest BCUT2D eigenvalue weighted by Crippen LogP contribution is -2.54. The molecule has 134 valence electrons. The van der Waals surface area contributed by atoms with E-state index < -0.39 is 0 Å². The molecule has 4 nitrogen and oxygen atoms in total. The quantitative estimate of drug-likeness (QED) is 0.780. The van der Waals surface area contributed by atoms with Crippen LogP contribution in [-0.4, -0.2) is 60.2 Å². The molecule has 1 aromatic carbocycles. The van der Waals surface area contributed by atoms with Gasteiger partial charge in [-0.15, -0.1) is 0 Å². The summed E-state index contributed by atoms with van der Waals surface area (Å²) in [5, 5.41) is 1.42. The average molecular weight is 357 g/mol. The van der Waals surface area contributed by atoms with Crippen LogP contribution in [0, 0.1) is 5.92 Å². The summed E-state index contributed by atoms with van der Waals surface area (Å²) in [4.78, 5) is 21.9. The zero-order valence-corrected chi connectivity index (χ0v) is 16.1. The van der Waals surface area contributed by atoms with Gasteiger partial charge in [0.1, 0.15) is 0 Å². The number of ketones is 1. The molecule has 5 heteroatoms. The van der Waals surface area contributed by atoms with Crippen LogP contribution < -0.4 is 5.30 Å². The maximum absolute atomic E-state index is 12.5. The summed E-state index contributed by atoms with van der Waals surface area (Å²) < 4.78 is 0. The molecule has 0 aromatic heterocycles. The number of benzene rings is 1. The molecule has 3 atom stereocenters. The summed E-state index contributed by atoms with van der Waals surface area (Å²) in [6, 6.07) is 6.94. The maximum atomic E-state index is 12.5. The molecule has 3 unspecified atom stereocenters. The molecular formula is C20H28N3OP. The van der Waals surface area contributed by atoms with E-state index in [0.717, 1.165) is 66.0 Å². The predicted molar refractivity (Wildman–Crippen MR) is 106 cm³/mol. The Morgan fingerprint density at radius 1 is 1.20 bits per heavy atom. The van der Waals surface area contributed by atoms with Crippen LogP contribution in [0.3, 0.4) is 0 Å². The van der Waals surface area contributed by atoms with Crippen LogP contribution in [0.4, 0.5) is 5.69 Å². The van der Waals surface area contributed by atoms with Crippen molar-refractivity contribution in [1.29, 1.82) is 0 Å². The number of fused-ring (bicyclic) bond motifs is 1. The van der Waals surface area contributed by atoms with E-state index in [2.05, 4.69) is 39.9 Å². The molecule has 1 saturated heterocycles. The second kappa shape index (κ2) is 7.65. The molecule has 0 N–H and O–H groups in total. The summed E-state index contributed by atoms with van der Waals surface area (Å²) in [5.41, 5.74) is 2.56. The first-order valence-electron chi connectivity index (χ1n) is 9.60. The van der Waals surface area contributed by atoms with Gasteiger partial charge in [-0.05, 0) is 35.8 Å². The van der Waals surface area contributed by atoms with E-state index in [-0.39, 0.29) is 12.0 Å². The van der Waals surface area contributed by atoms with Crippen LogP contribution in [0.1, 0.15) is 31.7 Å². The topological polar surface area (TPSA) is 35.9 Å². The molecule has 3 aliphatic rings. The Morgan fingerprint density at radius 3 is 2.88 bits per heavy atom. The third kappa shape index (κ3) is 3.86. The monoisotopic (exact) mass is 357 g/mol. The van der Waals surface area contributed by atoms with E-state index >= 15 is 0 Å². The van der Waals surface area contributed by atoms with Gasteiger partial charge in [-0.2, -0.15) is 0 Å². The summed E-state index contributed by atoms with van der Waals surface area (Å²) in [5.74, 6) is 0.742. The van der Waals surface area contributed by atoms with Gasteiger partial charge >= 0.3 is 0 Å². The number of aliphatic imine (C=N–C) groups is 1. The predicted octanol–water partition coefficient (Wildman–Crippen LogP) is 2.58. The zero-order chi connectivity index (χ0) is 17.2. The minimum absolute atomic E-state index is 0.189. The van der Waals surface area contributed by atoms with E-state index in [4.69, 9.17) is 0 Å². The molecule has 0 bridgehead atoms. The molecular weight excluding hydrogens is 329 g/mol. The summed E-state index contributed by atoms with van der Waals surface area (Å²) in [6.45, 7) is 7.31. The second-order valence-electron chi connectivity index (χ2n) is 7.61. The van der Waals surface area contributed by atoms with Crippen molar-refractivity contribution in [2.24, 2.45) is 10.9 Å². The lowest BCUT2D eigenvalue weighted by molar-refractivity contribution is -0.131. The van der Waals surface area contributed by atoms with Crippen LogP contribution in [0.15, 0.2) is 23.2 Å². The molecule has 2 aliphatic heterocycles. The van der Waals surface area contributed by atoms with Crippen LogP contribution in [0.5, 0.6) is 0 Å². The standard InChI is InChI=1S/C20H28N3OP/c1-15-3-2-4-18(20(15)24)23-10-8-22(9-11-23)14-16-5-6-17-19(13-16)25-12-7-21-17/h5-7,13,15,18,25H,2-4,8-12,14H2,1H3. The van der Waals surface area contributed by atoms with E-state index in [1.807, 2.05) is 6.21 Å². The minimum atomic E-state index is 0.189. The Kier molecular flexibility index (Phi) is 5.30. The van der Waals surface area contributed by atoms with Gasteiger partial charge in [-0.25, -0.2) is 0 Å². The fourth-order valence-electron chi connectivity index (χ4n) is 4.32. The van der Waals surface area contributed by atoms with Crippen molar-refractivity contribution in [1.82, 2.24) is 9.80 Å². The number of hydrogen-bond acceptors (Lipinski definition) is 4. The van der Waals surface area contributed by atoms with Crippen molar-refractivity contribution in [3.63, 3.8) is 0 Å². The molecule has 1 aromatic rings. The summed E-state index contributed by atoms with van der Waals surface area (Å²) >= 11 is 0. The number of Topliss-reactive ketones (excluding diaryl/α,β-unsaturated/α-hetero) is 1. The lowest BCUT2D eigenvalue weighted by Gasteiger charge is -2.41. The summed E-state index contributed by atoms with van der Waals surface area (Å²) in [6.07, 6.45) is 6.47. The molecule has 2 fully saturated rings. The van der Waals surface area contributed by atoms with Crippen molar-refractivity contribution in [2.45, 2.75) is 38.8 Å². The van der Waals surface area contributed by atoms with Gasteiger partial charge in [0.15, 0.2) is 5.78 Å². The first kappa shape index (κ1) is 17.3. The highest BCUT2D eigenvalue weighted by molar-refractivity contribution is 7.48. The SMILES string of the molecule is CC1CCCC(N2CCN(Cc3ccc4c(c3)PCC=N4)CC2)C1=O. The van der Waals surface area contributed by atoms with Gasteiger partial charge in [-0.3, -0.25) is 19.6 Å². The molecule has 2 heterocycles. The number of rotatable bonds is 3. The first-order valence-corrected chi connectivity index (χ1v) is 10.8. The number of nitrogens with zero attached hydrogens (tertiary/aromatic N) is 3. The van der Waals surface area contributed by atoms with Gasteiger partial charge in [0.25, 0.3) is 0 Å². The van der Waals surface area contributed by atoms with Gasteiger partial charge in [0.05, 0.1) is 11.7 Å². The molecule has 0 amide bonds. The maximum Gasteiger partial charge on any atom is 0.152 e. The van der Waals surface area contributed by atoms with E-state index in [9.17, 15) is 4.79 Å². The van der Waals surface area contributed by atoms with E-state index in [1.165, 1.54) is 17.3 Å². The Balaban J connectivity index is 1.33. The van der Waals surface area contributed by atoms with Gasteiger partial charge in [0, 0.05) is 51.0 Å². The zero-order valence-electron chi connectivity index (χ0n) is 15.1. The largest absolute Gasteiger partial charge is 0.298 e. The average Bonchev–Trinajstić information content (AvgIpc) is 2.65. The number of carbonyl (C=O) groups excluding carboxylic acids is 1. The van der Waals surface area contributed by atoms with Gasteiger partial charge in [0.2, 0.25) is 0 Å². The van der Waals surface area contributed by atoms with Crippen LogP contribution >= 0.6 is 8.58 Å². The van der Waals surface area contributed by atoms with Gasteiger partial charge in [-0.1, -0.05) is 28.0 Å². The minimum Gasteiger partial charge on any atom is -0.298 e. The lowest BCUT2D eigenvalue weighted by atomic mass is 9.84. The number of piperazine rings is 1. The highest BCUT2D eigenvalue weighted by atomic mass is 31.1. The van der Waals surface area contributed by atoms with Crippen LogP contribution in [0.25, 0.3) is 0 Å². The first-order chi connectivity index (χ1) is 12.2. The van der Waals surface area contributed by atoms with Crippen molar-refractivity contribution in [2.75, 3.05) is 32.3 Å². The van der Waals surface area contributed by atoms with Crippen LogP contribution in [-0.2, 0) is 11.3 Å². The van der Waals surface area contributed by atoms with E-state index in [0.29, 0.717) is 5.78 Å². The van der Waals surface area contributed by atoms with E-state index in [1.54, 1.807) is 0 Å². The fraction of sp³-hybridized carbons (Fsp3) is 0.600. The molecule has 1 aliphatic carbocycles. The third-order valence-corrected chi connectivity index (χ3v) is 7.03. The Hall–Kier alpha value is -1.09. The fourth-order valence-corrected chi connectivity index (χ4v) is 5.34. The number of hydrogen-bond donors (Lipinski definition) is 0. The van der Waals surface area contributed by atoms with Crippen molar-refractivity contribution in [3.8, 4) is 0 Å². The normalized spacial score (nSPS) is 29.1. The van der Waals surface area contributed by atoms with Crippen molar-refractivity contribution < 1.29 is 4.79 Å². The molecule has 4 rings (SSSR count). The molecule has 1 saturated carbocycles. The number of carbonyl (C=O) groups is 1. The van der Waals surface area contributed by atoms with Crippen LogP contribution in [0.2, 0.25) is 0 Å². The summed E-state index contributed by atoms with van der Waals surface area (Å²) in [7, 11) is 0.861. The van der Waals surface area contributed by atoms with Crippen molar-refractivity contribution >= 4 is 31.6 Å². The highest BCUT2D eigenvalue weighted by Crippen LogP contribution is 2.26. The second-order valence-corrected chi connectivity index (χ2v) is 8.91. The highest BCUT2D eigenvalue weighted by Gasteiger charge is 2.34. The molecule has 0 spiro atoms. The Bertz CT molecular complexity index is 667. The Morgan fingerprint density at radius 2 is 2.04 bits per heavy atom. The smallest absolute Gasteiger partial charge is 0.152 e. The van der Waals surface area contributed by atoms with Crippen molar-refractivity contribution in [3.05, 3.63) is 23.8 Å². The Labute approximate surface area is 152 Å². The molecule has 25 heavy (non-hydrogen) atoms. The third-order valence-electron chi connectivity index (χ3n) is 5.86.